The Kier molecular flexibility index (Phi) is 2.87. The third-order valence-corrected chi connectivity index (χ3v) is 2.01. The molecule has 0 bridgehead atoms. The van der Waals surface area contributed by atoms with Crippen LogP contribution in [-0.2, 0) is 6.54 Å². The minimum Gasteiger partial charge on any atom is -0.472 e. The molecular weight excluding hydrogens is 192 g/mol. The molecule has 15 heavy (non-hydrogen) atoms. The fourth-order valence-electron chi connectivity index (χ4n) is 1.22. The van der Waals surface area contributed by atoms with Gasteiger partial charge >= 0.3 is 0 Å². The smallest absolute Gasteiger partial charge is 0.229 e. The van der Waals surface area contributed by atoms with Gasteiger partial charge in [-0.15, -0.1) is 0 Å². The Morgan fingerprint density at radius 1 is 1.40 bits per heavy atom. The zero-order chi connectivity index (χ0) is 10.7. The van der Waals surface area contributed by atoms with Crippen LogP contribution in [-0.4, -0.2) is 11.0 Å². The second kappa shape index (κ2) is 4.31. The van der Waals surface area contributed by atoms with Crippen molar-refractivity contribution in [3.8, 4) is 11.5 Å². The van der Waals surface area contributed by atoms with Gasteiger partial charge in [-0.25, -0.2) is 4.98 Å². The van der Waals surface area contributed by atoms with Gasteiger partial charge in [0.1, 0.15) is 12.5 Å². The Labute approximate surface area is 88.3 Å². The molecule has 0 unspecified atom stereocenters. The van der Waals surface area contributed by atoms with E-state index in [2.05, 4.69) is 24.1 Å². The van der Waals surface area contributed by atoms with E-state index in [1.54, 1.807) is 18.8 Å². The summed E-state index contributed by atoms with van der Waals surface area (Å²) in [6.45, 7) is 4.91. The van der Waals surface area contributed by atoms with E-state index in [9.17, 15) is 0 Å². The molecule has 2 aromatic rings. The SMILES string of the molecule is CC(C)NCc1coc(-c2ccoc2)n1. The summed E-state index contributed by atoms with van der Waals surface area (Å²) >= 11 is 0. The van der Waals surface area contributed by atoms with Gasteiger partial charge < -0.3 is 14.2 Å². The number of rotatable bonds is 4. The lowest BCUT2D eigenvalue weighted by Gasteiger charge is -2.03. The molecule has 2 rings (SSSR count). The first-order valence-corrected chi connectivity index (χ1v) is 4.96. The summed E-state index contributed by atoms with van der Waals surface area (Å²) in [5, 5.41) is 3.27. The maximum atomic E-state index is 5.33. The Hall–Kier alpha value is -1.55. The first-order valence-electron chi connectivity index (χ1n) is 4.96. The molecule has 0 aliphatic rings. The Morgan fingerprint density at radius 2 is 2.27 bits per heavy atom. The maximum absolute atomic E-state index is 5.33. The minimum absolute atomic E-state index is 0.444. The molecule has 0 saturated heterocycles. The van der Waals surface area contributed by atoms with Crippen LogP contribution in [0.3, 0.4) is 0 Å². The van der Waals surface area contributed by atoms with Crippen LogP contribution in [0.5, 0.6) is 0 Å². The van der Waals surface area contributed by atoms with Gasteiger partial charge in [0, 0.05) is 12.6 Å². The highest BCUT2D eigenvalue weighted by Crippen LogP contribution is 2.18. The second-order valence-electron chi connectivity index (χ2n) is 3.69. The first kappa shape index (κ1) is 9.98. The van der Waals surface area contributed by atoms with Crippen LogP contribution in [0.15, 0.2) is 33.7 Å². The van der Waals surface area contributed by atoms with E-state index in [0.717, 1.165) is 17.8 Å². The summed E-state index contributed by atoms with van der Waals surface area (Å²) in [7, 11) is 0. The standard InChI is InChI=1S/C11H14N2O2/c1-8(2)12-5-10-7-15-11(13-10)9-3-4-14-6-9/h3-4,6-8,12H,5H2,1-2H3. The van der Waals surface area contributed by atoms with Crippen LogP contribution < -0.4 is 5.32 Å². The minimum atomic E-state index is 0.444. The maximum Gasteiger partial charge on any atom is 0.229 e. The molecule has 2 heterocycles. The molecule has 0 saturated carbocycles. The largest absolute Gasteiger partial charge is 0.472 e. The van der Waals surface area contributed by atoms with Crippen molar-refractivity contribution in [1.82, 2.24) is 10.3 Å². The number of oxazole rings is 1. The molecule has 2 aromatic heterocycles. The average molecular weight is 206 g/mol. The van der Waals surface area contributed by atoms with Crippen molar-refractivity contribution in [3.63, 3.8) is 0 Å². The third kappa shape index (κ3) is 2.47. The monoisotopic (exact) mass is 206 g/mol. The first-order chi connectivity index (χ1) is 7.25. The van der Waals surface area contributed by atoms with Crippen LogP contribution in [0.25, 0.3) is 11.5 Å². The van der Waals surface area contributed by atoms with Crippen LogP contribution in [0.1, 0.15) is 19.5 Å². The topological polar surface area (TPSA) is 51.2 Å². The number of hydrogen-bond donors (Lipinski definition) is 1. The van der Waals surface area contributed by atoms with E-state index in [-0.39, 0.29) is 0 Å². The summed E-state index contributed by atoms with van der Waals surface area (Å²) in [6, 6.07) is 2.27. The van der Waals surface area contributed by atoms with E-state index < -0.39 is 0 Å². The lowest BCUT2D eigenvalue weighted by atomic mass is 10.3. The van der Waals surface area contributed by atoms with E-state index in [1.807, 2.05) is 6.07 Å². The lowest BCUT2D eigenvalue weighted by molar-refractivity contribution is 0.552. The molecule has 1 N–H and O–H groups in total. The molecule has 4 nitrogen and oxygen atoms in total. The quantitative estimate of drug-likeness (QED) is 0.834. The highest BCUT2D eigenvalue weighted by Gasteiger charge is 2.07. The van der Waals surface area contributed by atoms with E-state index >= 15 is 0 Å². The predicted octanol–water partition coefficient (Wildman–Crippen LogP) is 2.43. The van der Waals surface area contributed by atoms with Crippen molar-refractivity contribution in [3.05, 3.63) is 30.5 Å². The van der Waals surface area contributed by atoms with E-state index in [0.29, 0.717) is 11.9 Å². The summed E-state index contributed by atoms with van der Waals surface area (Å²) in [4.78, 5) is 4.34. The summed E-state index contributed by atoms with van der Waals surface area (Å²) < 4.78 is 10.3. The van der Waals surface area contributed by atoms with Gasteiger partial charge in [0.25, 0.3) is 0 Å². The molecule has 0 radical (unpaired) electrons. The Balaban J connectivity index is 2.04. The summed E-state index contributed by atoms with van der Waals surface area (Å²) in [5.74, 6) is 0.601. The van der Waals surface area contributed by atoms with Gasteiger partial charge in [0.15, 0.2) is 0 Å². The molecular formula is C11H14N2O2. The molecule has 0 aliphatic carbocycles. The van der Waals surface area contributed by atoms with Crippen LogP contribution in [0.4, 0.5) is 0 Å². The Bertz CT molecular complexity index is 404. The van der Waals surface area contributed by atoms with E-state index in [4.69, 9.17) is 8.83 Å². The highest BCUT2D eigenvalue weighted by atomic mass is 16.3. The average Bonchev–Trinajstić information content (AvgIpc) is 2.85. The van der Waals surface area contributed by atoms with Gasteiger partial charge in [-0.05, 0) is 6.07 Å². The number of nitrogens with zero attached hydrogens (tertiary/aromatic N) is 1. The summed E-state index contributed by atoms with van der Waals surface area (Å²) in [5.41, 5.74) is 1.77. The zero-order valence-corrected chi connectivity index (χ0v) is 8.86. The fourth-order valence-corrected chi connectivity index (χ4v) is 1.22. The third-order valence-electron chi connectivity index (χ3n) is 2.01. The van der Waals surface area contributed by atoms with Gasteiger partial charge in [-0.3, -0.25) is 0 Å². The Morgan fingerprint density at radius 3 is 2.93 bits per heavy atom. The van der Waals surface area contributed by atoms with Crippen molar-refractivity contribution >= 4 is 0 Å². The second-order valence-corrected chi connectivity index (χ2v) is 3.69. The predicted molar refractivity (Wildman–Crippen MR) is 56.2 cm³/mol. The van der Waals surface area contributed by atoms with Crippen molar-refractivity contribution < 1.29 is 8.83 Å². The van der Waals surface area contributed by atoms with Gasteiger partial charge in [0.2, 0.25) is 5.89 Å². The zero-order valence-electron chi connectivity index (χ0n) is 8.86. The highest BCUT2D eigenvalue weighted by molar-refractivity contribution is 5.50. The van der Waals surface area contributed by atoms with Crippen molar-refractivity contribution in [2.75, 3.05) is 0 Å². The van der Waals surface area contributed by atoms with Crippen molar-refractivity contribution in [2.24, 2.45) is 0 Å². The fraction of sp³-hybridized carbons (Fsp3) is 0.364. The van der Waals surface area contributed by atoms with Crippen molar-refractivity contribution in [2.45, 2.75) is 26.4 Å². The van der Waals surface area contributed by atoms with E-state index in [1.165, 1.54) is 0 Å². The van der Waals surface area contributed by atoms with Gasteiger partial charge in [-0.2, -0.15) is 0 Å². The molecule has 0 aromatic carbocycles. The number of hydrogen-bond acceptors (Lipinski definition) is 4. The normalized spacial score (nSPS) is 11.1. The summed E-state index contributed by atoms with van der Waals surface area (Å²) in [6.07, 6.45) is 4.88. The van der Waals surface area contributed by atoms with Crippen LogP contribution in [0.2, 0.25) is 0 Å². The van der Waals surface area contributed by atoms with Gasteiger partial charge in [0.05, 0.1) is 17.5 Å². The molecule has 0 fully saturated rings. The van der Waals surface area contributed by atoms with Crippen LogP contribution in [0, 0.1) is 0 Å². The molecule has 4 heteroatoms. The molecule has 0 amide bonds. The van der Waals surface area contributed by atoms with Crippen LogP contribution >= 0.6 is 0 Å². The number of nitrogens with one attached hydrogen (secondary N) is 1. The molecule has 0 spiro atoms. The molecule has 0 aliphatic heterocycles. The number of aromatic nitrogens is 1. The molecule has 0 atom stereocenters. The lowest BCUT2D eigenvalue weighted by Crippen LogP contribution is -2.21. The molecule has 80 valence electrons. The number of furan rings is 1. The van der Waals surface area contributed by atoms with Gasteiger partial charge in [-0.1, -0.05) is 13.8 Å². The van der Waals surface area contributed by atoms with Crippen molar-refractivity contribution in [1.29, 1.82) is 0 Å².